The zero-order chi connectivity index (χ0) is 44.6. The Kier molecular flexibility index (Phi) is 17.9. The van der Waals surface area contributed by atoms with E-state index in [1.807, 2.05) is 46.4 Å². The molecule has 4 amide bonds. The Morgan fingerprint density at radius 2 is 1.54 bits per heavy atom. The summed E-state index contributed by atoms with van der Waals surface area (Å²) in [5.74, 6) is -3.43. The molecular weight excluding hydrogens is 758 g/mol. The number of carbonyl (C=O) groups is 5. The molecule has 59 heavy (non-hydrogen) atoms. The fourth-order valence-corrected chi connectivity index (χ4v) is 8.56. The molecule has 13 nitrogen and oxygen atoms in total. The Labute approximate surface area is 352 Å². The van der Waals surface area contributed by atoms with Crippen LogP contribution in [0.3, 0.4) is 0 Å². The number of rotatable bonds is 21. The van der Waals surface area contributed by atoms with Crippen molar-refractivity contribution in [3.63, 3.8) is 0 Å². The molecule has 1 aromatic rings. The molecule has 1 heterocycles. The number of ether oxygens (including phenoxy) is 3. The van der Waals surface area contributed by atoms with Crippen LogP contribution >= 0.6 is 0 Å². The number of esters is 1. The lowest BCUT2D eigenvalue weighted by molar-refractivity contribution is -0.159. The van der Waals surface area contributed by atoms with Gasteiger partial charge in [0, 0.05) is 34.2 Å². The molecular formula is C45H74FN5O8. The molecule has 1 unspecified atom stereocenters. The molecule has 1 spiro atoms. The largest absolute Gasteiger partial charge is 0.458 e. The monoisotopic (exact) mass is 832 g/mol. The van der Waals surface area contributed by atoms with Crippen LogP contribution in [0.5, 0.6) is 0 Å². The lowest BCUT2D eigenvalue weighted by Gasteiger charge is -2.41. The number of methoxy groups -OCH3 is 2. The van der Waals surface area contributed by atoms with E-state index in [1.54, 1.807) is 72.0 Å². The van der Waals surface area contributed by atoms with Gasteiger partial charge in [-0.15, -0.1) is 0 Å². The molecule has 14 heteroatoms. The number of benzene rings is 1. The molecule has 0 aromatic heterocycles. The van der Waals surface area contributed by atoms with Crippen LogP contribution in [-0.4, -0.2) is 122 Å². The summed E-state index contributed by atoms with van der Waals surface area (Å²) in [4.78, 5) is 73.0. The molecule has 0 radical (unpaired) electrons. The van der Waals surface area contributed by atoms with Gasteiger partial charge in [0.25, 0.3) is 0 Å². The zero-order valence-corrected chi connectivity index (χ0v) is 38.1. The van der Waals surface area contributed by atoms with E-state index < -0.39 is 71.6 Å². The number of likely N-dealkylation sites (N-methyl/N-ethyl adjacent to an activating group) is 2. The van der Waals surface area contributed by atoms with Gasteiger partial charge in [-0.25, -0.2) is 9.18 Å². The van der Waals surface area contributed by atoms with Crippen LogP contribution in [0.1, 0.15) is 107 Å². The van der Waals surface area contributed by atoms with Crippen LogP contribution in [0.25, 0.3) is 0 Å². The predicted octanol–water partition coefficient (Wildman–Crippen LogP) is 4.89. The van der Waals surface area contributed by atoms with Gasteiger partial charge < -0.3 is 40.0 Å². The fraction of sp³-hybridized carbons (Fsp3) is 0.756. The summed E-state index contributed by atoms with van der Waals surface area (Å²) in [5.41, 5.74) is -0.659. The Bertz CT molecular complexity index is 1600. The Morgan fingerprint density at radius 1 is 0.932 bits per heavy atom. The van der Waals surface area contributed by atoms with Crippen LogP contribution < -0.4 is 16.0 Å². The summed E-state index contributed by atoms with van der Waals surface area (Å²) >= 11 is 0. The highest BCUT2D eigenvalue weighted by Crippen LogP contribution is 2.56. The molecule has 3 rings (SSSR count). The Hall–Kier alpha value is -3.62. The summed E-state index contributed by atoms with van der Waals surface area (Å²) in [6, 6.07) is 2.71. The van der Waals surface area contributed by atoms with Gasteiger partial charge in [-0.3, -0.25) is 19.2 Å². The minimum Gasteiger partial charge on any atom is -0.458 e. The fourth-order valence-electron chi connectivity index (χ4n) is 8.56. The van der Waals surface area contributed by atoms with Crippen molar-refractivity contribution < 1.29 is 42.6 Å². The zero-order valence-electron chi connectivity index (χ0n) is 38.1. The van der Waals surface area contributed by atoms with E-state index in [9.17, 15) is 28.4 Å². The first-order chi connectivity index (χ1) is 27.5. The smallest absolute Gasteiger partial charge is 0.329 e. The van der Waals surface area contributed by atoms with Crippen molar-refractivity contribution in [2.45, 2.75) is 156 Å². The molecule has 3 N–H and O–H groups in total. The summed E-state index contributed by atoms with van der Waals surface area (Å²) in [6.45, 7) is 19.1. The number of amides is 4. The minimum absolute atomic E-state index is 0.0105. The highest BCUT2D eigenvalue weighted by atomic mass is 19.1. The Morgan fingerprint density at radius 3 is 2.03 bits per heavy atom. The van der Waals surface area contributed by atoms with Crippen LogP contribution in [0, 0.1) is 34.9 Å². The van der Waals surface area contributed by atoms with E-state index in [2.05, 4.69) is 16.0 Å². The highest BCUT2D eigenvalue weighted by molar-refractivity contribution is 5.90. The van der Waals surface area contributed by atoms with Crippen molar-refractivity contribution in [3.8, 4) is 0 Å². The molecule has 1 saturated carbocycles. The molecule has 334 valence electrons. The van der Waals surface area contributed by atoms with E-state index in [1.165, 1.54) is 13.2 Å². The van der Waals surface area contributed by atoms with E-state index in [0.717, 1.165) is 12.8 Å². The number of hydrogen-bond acceptors (Lipinski definition) is 9. The molecule has 0 bridgehead atoms. The normalized spacial score (nSPS) is 20.3. The maximum absolute atomic E-state index is 14.8. The number of carbonyl (C=O) groups excluding carboxylic acids is 5. The van der Waals surface area contributed by atoms with Crippen molar-refractivity contribution in [2.75, 3.05) is 34.9 Å². The first-order valence-electron chi connectivity index (χ1n) is 21.4. The highest BCUT2D eigenvalue weighted by Gasteiger charge is 2.56. The minimum atomic E-state index is -1.17. The van der Waals surface area contributed by atoms with Crippen molar-refractivity contribution in [1.82, 2.24) is 25.8 Å². The molecule has 1 aliphatic carbocycles. The lowest BCUT2D eigenvalue weighted by atomic mass is 9.89. The van der Waals surface area contributed by atoms with Crippen LogP contribution in [0.2, 0.25) is 0 Å². The van der Waals surface area contributed by atoms with Gasteiger partial charge in [0.1, 0.15) is 23.5 Å². The SMILES string of the molecule is CC[C@H](C)[C@@H]([C@@H](CC(=O)N1CC2(CC2)C[C@H]1[C@H](OC)[C@@H](C)C(=O)NC(Cc1ccccc1F)C(=O)OC(C)(C)C)OC)N(C)C(=O)[C@@H](NC(=O)[C@@H](NC)C(C)C)C(C)C. The first kappa shape index (κ1) is 49.7. The van der Waals surface area contributed by atoms with Gasteiger partial charge in [-0.1, -0.05) is 73.1 Å². The maximum Gasteiger partial charge on any atom is 0.329 e. The van der Waals surface area contributed by atoms with Crippen LogP contribution in [0.15, 0.2) is 24.3 Å². The summed E-state index contributed by atoms with van der Waals surface area (Å²) < 4.78 is 32.5. The third kappa shape index (κ3) is 12.9. The second-order valence-electron chi connectivity index (χ2n) is 18.7. The van der Waals surface area contributed by atoms with Gasteiger partial charge in [0.15, 0.2) is 0 Å². The Balaban J connectivity index is 1.87. The van der Waals surface area contributed by atoms with E-state index in [0.29, 0.717) is 19.4 Å². The average molecular weight is 832 g/mol. The van der Waals surface area contributed by atoms with Gasteiger partial charge in [-0.2, -0.15) is 0 Å². The average Bonchev–Trinajstić information content (AvgIpc) is 3.82. The topological polar surface area (TPSA) is 156 Å². The lowest BCUT2D eigenvalue weighted by Crippen LogP contribution is -2.59. The van der Waals surface area contributed by atoms with Crippen molar-refractivity contribution in [2.24, 2.45) is 29.1 Å². The number of likely N-dealkylation sites (tertiary alicyclic amines) is 1. The number of nitrogens with zero attached hydrogens (tertiary/aromatic N) is 2. The second kappa shape index (κ2) is 21.3. The maximum atomic E-state index is 14.8. The van der Waals surface area contributed by atoms with Crippen LogP contribution in [0.4, 0.5) is 4.39 Å². The number of nitrogens with one attached hydrogen (secondary N) is 3. The quantitative estimate of drug-likeness (QED) is 0.147. The summed E-state index contributed by atoms with van der Waals surface area (Å²) in [7, 11) is 6.50. The van der Waals surface area contributed by atoms with E-state index in [4.69, 9.17) is 14.2 Å². The molecule has 2 fully saturated rings. The standard InChI is InChI=1S/C45H74FN5O8/c1-15-28(6)38(50(12)42(55)37(27(4)5)49-41(54)36(47-11)26(2)3)34(57-13)23-35(52)51-25-45(20-21-45)24-33(51)39(58-14)29(7)40(53)48-32(43(56)59-44(8,9)10)22-30-18-16-17-19-31(30)46/h16-19,26-29,32-34,36-39,47H,15,20-25H2,1-14H3,(H,48,53)(H,49,54)/t28-,29+,32?,33-,34+,36-,37-,38-,39+/m0/s1. The molecule has 9 atom stereocenters. The van der Waals surface area contributed by atoms with Crippen molar-refractivity contribution in [3.05, 3.63) is 35.6 Å². The molecule has 2 aliphatic rings. The summed E-state index contributed by atoms with van der Waals surface area (Å²) in [5, 5.41) is 8.86. The summed E-state index contributed by atoms with van der Waals surface area (Å²) in [6.07, 6.45) is 1.70. The van der Waals surface area contributed by atoms with Crippen molar-refractivity contribution >= 4 is 29.6 Å². The van der Waals surface area contributed by atoms with E-state index >= 15 is 0 Å². The van der Waals surface area contributed by atoms with Gasteiger partial charge in [-0.05, 0) is 81.9 Å². The van der Waals surface area contributed by atoms with Gasteiger partial charge in [0.05, 0.1) is 42.7 Å². The number of halogens is 1. The molecule has 1 saturated heterocycles. The second-order valence-corrected chi connectivity index (χ2v) is 18.7. The molecule has 1 aromatic carbocycles. The third-order valence-corrected chi connectivity index (χ3v) is 12.3. The first-order valence-corrected chi connectivity index (χ1v) is 21.4. The predicted molar refractivity (Wildman–Crippen MR) is 226 cm³/mol. The molecule has 1 aliphatic heterocycles. The number of hydrogen-bond donors (Lipinski definition) is 3. The van der Waals surface area contributed by atoms with E-state index in [-0.39, 0.29) is 59.3 Å². The van der Waals surface area contributed by atoms with Crippen LogP contribution in [-0.2, 0) is 44.6 Å². The van der Waals surface area contributed by atoms with Gasteiger partial charge in [0.2, 0.25) is 23.6 Å². The van der Waals surface area contributed by atoms with Gasteiger partial charge >= 0.3 is 5.97 Å². The third-order valence-electron chi connectivity index (χ3n) is 12.3. The van der Waals surface area contributed by atoms with Crippen molar-refractivity contribution in [1.29, 1.82) is 0 Å².